The van der Waals surface area contributed by atoms with Crippen LogP contribution in [0.15, 0.2) is 17.0 Å². The number of nitrogens with one attached hydrogen (secondary N) is 1. The largest absolute Gasteiger partial charge is 0.311 e. The third kappa shape index (κ3) is 3.31. The molecule has 0 spiro atoms. The molecule has 3 atom stereocenters. The minimum absolute atomic E-state index is 0.0334. The van der Waals surface area contributed by atoms with Gasteiger partial charge >= 0.3 is 0 Å². The minimum Gasteiger partial charge on any atom is -0.311 e. The van der Waals surface area contributed by atoms with Gasteiger partial charge in [-0.05, 0) is 73.6 Å². The van der Waals surface area contributed by atoms with Crippen molar-refractivity contribution < 1.29 is 13.2 Å². The number of aryl methyl sites for hydroxylation is 1. The number of amides is 1. The number of hydrogen-bond acceptors (Lipinski definition) is 3. The van der Waals surface area contributed by atoms with Crippen LogP contribution in [0.5, 0.6) is 0 Å². The molecule has 0 saturated heterocycles. The second-order valence-corrected chi connectivity index (χ2v) is 11.3. The summed E-state index contributed by atoms with van der Waals surface area (Å²) in [5, 5.41) is 0. The van der Waals surface area contributed by atoms with E-state index in [0.717, 1.165) is 55.5 Å². The number of carbonyl (C=O) groups is 1. The molecule has 4 rings (SSSR count). The van der Waals surface area contributed by atoms with E-state index in [2.05, 4.69) is 25.5 Å². The van der Waals surface area contributed by atoms with Crippen LogP contribution in [0.2, 0.25) is 0 Å². The Bertz CT molecular complexity index is 891. The van der Waals surface area contributed by atoms with E-state index in [1.54, 1.807) is 12.1 Å². The number of rotatable bonds is 3. The Hall–Kier alpha value is -1.40. The number of anilines is 1. The van der Waals surface area contributed by atoms with Gasteiger partial charge in [-0.25, -0.2) is 13.1 Å². The molecule has 3 aliphatic rings. The zero-order valence-corrected chi connectivity index (χ0v) is 17.5. The van der Waals surface area contributed by atoms with E-state index in [1.165, 1.54) is 0 Å². The average molecular weight is 391 g/mol. The number of hydrogen-bond donors (Lipinski definition) is 1. The van der Waals surface area contributed by atoms with Gasteiger partial charge < -0.3 is 4.90 Å². The molecular formula is C21H30N2O3S. The lowest BCUT2D eigenvalue weighted by Crippen LogP contribution is -2.42. The fourth-order valence-electron chi connectivity index (χ4n) is 5.54. The van der Waals surface area contributed by atoms with Gasteiger partial charge in [-0.3, -0.25) is 4.79 Å². The number of carbonyl (C=O) groups excluding carboxylic acids is 1. The predicted octanol–water partition coefficient (Wildman–Crippen LogP) is 3.58. The van der Waals surface area contributed by atoms with Gasteiger partial charge in [0.15, 0.2) is 0 Å². The number of nitrogens with zero attached hydrogens (tertiary/aromatic N) is 1. The summed E-state index contributed by atoms with van der Waals surface area (Å²) in [5.74, 6) is 0.339. The fraction of sp³-hybridized carbons (Fsp3) is 0.667. The lowest BCUT2D eigenvalue weighted by molar-refractivity contribution is -0.119. The third-order valence-corrected chi connectivity index (χ3v) is 7.91. The molecule has 27 heavy (non-hydrogen) atoms. The molecule has 1 N–H and O–H groups in total. The van der Waals surface area contributed by atoms with Crippen LogP contribution in [0.25, 0.3) is 0 Å². The molecule has 1 fully saturated rings. The number of sulfonamides is 1. The maximum absolute atomic E-state index is 13.2. The van der Waals surface area contributed by atoms with Crippen LogP contribution in [0.1, 0.15) is 70.4 Å². The maximum atomic E-state index is 13.2. The van der Waals surface area contributed by atoms with Crippen LogP contribution in [0.4, 0.5) is 5.69 Å². The molecule has 6 heteroatoms. The molecular weight excluding hydrogens is 360 g/mol. The van der Waals surface area contributed by atoms with Crippen molar-refractivity contribution in [3.05, 3.63) is 23.3 Å². The second-order valence-electron chi connectivity index (χ2n) is 9.57. The Morgan fingerprint density at radius 2 is 1.93 bits per heavy atom. The monoisotopic (exact) mass is 390 g/mol. The molecule has 0 radical (unpaired) electrons. The van der Waals surface area contributed by atoms with E-state index in [-0.39, 0.29) is 23.3 Å². The molecule has 0 bridgehead atoms. The summed E-state index contributed by atoms with van der Waals surface area (Å²) in [6, 6.07) is 3.48. The Kier molecular flexibility index (Phi) is 4.43. The highest BCUT2D eigenvalue weighted by Gasteiger charge is 2.39. The Balaban J connectivity index is 1.67. The summed E-state index contributed by atoms with van der Waals surface area (Å²) >= 11 is 0. The van der Waals surface area contributed by atoms with Crippen molar-refractivity contribution >= 4 is 21.6 Å². The van der Waals surface area contributed by atoms with Crippen molar-refractivity contribution in [1.29, 1.82) is 0 Å². The molecule has 0 unspecified atom stereocenters. The molecule has 1 aliphatic carbocycles. The van der Waals surface area contributed by atoms with Gasteiger partial charge in [0.25, 0.3) is 0 Å². The first-order valence-corrected chi connectivity index (χ1v) is 11.6. The fourth-order valence-corrected chi connectivity index (χ4v) is 6.88. The molecule has 0 aromatic heterocycles. The zero-order valence-electron chi connectivity index (χ0n) is 16.7. The first-order chi connectivity index (χ1) is 12.6. The quantitative estimate of drug-likeness (QED) is 0.858. The number of benzene rings is 1. The highest BCUT2D eigenvalue weighted by molar-refractivity contribution is 7.89. The molecule has 5 nitrogen and oxygen atoms in total. The first kappa shape index (κ1) is 18.9. The predicted molar refractivity (Wildman–Crippen MR) is 106 cm³/mol. The molecule has 2 aliphatic heterocycles. The van der Waals surface area contributed by atoms with Crippen molar-refractivity contribution in [1.82, 2.24) is 4.72 Å². The van der Waals surface area contributed by atoms with E-state index in [1.807, 2.05) is 11.8 Å². The topological polar surface area (TPSA) is 66.5 Å². The summed E-state index contributed by atoms with van der Waals surface area (Å²) in [6.07, 6.45) is 4.58. The van der Waals surface area contributed by atoms with Crippen LogP contribution in [-0.4, -0.2) is 26.9 Å². The van der Waals surface area contributed by atoms with E-state index < -0.39 is 10.0 Å². The minimum atomic E-state index is -3.60. The summed E-state index contributed by atoms with van der Waals surface area (Å²) < 4.78 is 29.3. The first-order valence-electron chi connectivity index (χ1n) is 10.1. The van der Waals surface area contributed by atoms with Gasteiger partial charge in [0, 0.05) is 12.6 Å². The van der Waals surface area contributed by atoms with E-state index in [4.69, 9.17) is 0 Å². The van der Waals surface area contributed by atoms with Crippen LogP contribution in [-0.2, 0) is 21.2 Å². The lowest BCUT2D eigenvalue weighted by atomic mass is 9.71. The van der Waals surface area contributed by atoms with E-state index >= 15 is 0 Å². The van der Waals surface area contributed by atoms with Crippen LogP contribution in [0, 0.1) is 11.3 Å². The molecule has 2 heterocycles. The van der Waals surface area contributed by atoms with Gasteiger partial charge in [0.05, 0.1) is 16.5 Å². The maximum Gasteiger partial charge on any atom is 0.240 e. The normalized spacial score (nSPS) is 29.7. The van der Waals surface area contributed by atoms with Crippen molar-refractivity contribution in [3.63, 3.8) is 0 Å². The van der Waals surface area contributed by atoms with Crippen LogP contribution >= 0.6 is 0 Å². The lowest BCUT2D eigenvalue weighted by Gasteiger charge is -2.39. The zero-order chi connectivity index (χ0) is 19.6. The van der Waals surface area contributed by atoms with Gasteiger partial charge in [-0.15, -0.1) is 0 Å². The van der Waals surface area contributed by atoms with Gasteiger partial charge in [-0.2, -0.15) is 0 Å². The van der Waals surface area contributed by atoms with Crippen molar-refractivity contribution in [2.24, 2.45) is 11.3 Å². The Morgan fingerprint density at radius 1 is 1.19 bits per heavy atom. The summed E-state index contributed by atoms with van der Waals surface area (Å²) in [6.45, 7) is 9.24. The standard InChI is InChI=1S/C21H30N2O3S/c1-13-8-16(12-21(3,4)11-13)22-27(25,26)17-9-15-6-5-7-23-19(15)18(10-17)14(2)20(23)24/h9-10,13-14,16,22H,5-8,11-12H2,1-4H3/t13-,14+,16-/m1/s1. The molecule has 1 aromatic rings. The van der Waals surface area contributed by atoms with Gasteiger partial charge in [0.2, 0.25) is 15.9 Å². The van der Waals surface area contributed by atoms with Crippen molar-refractivity contribution in [2.75, 3.05) is 11.4 Å². The summed E-state index contributed by atoms with van der Waals surface area (Å²) in [7, 11) is -3.60. The van der Waals surface area contributed by atoms with E-state index in [0.29, 0.717) is 10.8 Å². The Labute approximate surface area is 162 Å². The smallest absolute Gasteiger partial charge is 0.240 e. The van der Waals surface area contributed by atoms with Crippen LogP contribution in [0.3, 0.4) is 0 Å². The molecule has 1 aromatic carbocycles. The molecule has 1 saturated carbocycles. The summed E-state index contributed by atoms with van der Waals surface area (Å²) in [5.41, 5.74) is 2.98. The highest BCUT2D eigenvalue weighted by atomic mass is 32.2. The third-order valence-electron chi connectivity index (χ3n) is 6.41. The SMILES string of the molecule is C[C@@H]1C[C@@H](NS(=O)(=O)c2cc3c4c(c2)[C@H](C)C(=O)N4CCC3)CC(C)(C)C1. The van der Waals surface area contributed by atoms with E-state index in [9.17, 15) is 13.2 Å². The summed E-state index contributed by atoms with van der Waals surface area (Å²) in [4.78, 5) is 14.7. The van der Waals surface area contributed by atoms with Gasteiger partial charge in [-0.1, -0.05) is 20.8 Å². The second kappa shape index (κ2) is 6.31. The Morgan fingerprint density at radius 3 is 2.63 bits per heavy atom. The van der Waals surface area contributed by atoms with Crippen molar-refractivity contribution in [3.8, 4) is 0 Å². The van der Waals surface area contributed by atoms with Gasteiger partial charge in [0.1, 0.15) is 0 Å². The highest BCUT2D eigenvalue weighted by Crippen LogP contribution is 2.44. The molecule has 148 valence electrons. The van der Waals surface area contributed by atoms with Crippen LogP contribution < -0.4 is 9.62 Å². The molecule has 1 amide bonds. The van der Waals surface area contributed by atoms with Crippen molar-refractivity contribution in [2.45, 2.75) is 76.7 Å². The average Bonchev–Trinajstić information content (AvgIpc) is 2.79.